The number of anilines is 2. The molecule has 19 heavy (non-hydrogen) atoms. The number of carbonyl (C=O) groups excluding carboxylic acids is 1. The summed E-state index contributed by atoms with van der Waals surface area (Å²) in [5.41, 5.74) is 6.72. The van der Waals surface area contributed by atoms with Crippen LogP contribution in [0.4, 0.5) is 11.4 Å². The Balaban J connectivity index is 2.65. The standard InChI is InChI=1S/C13H20N2O3S/c1-4-9(2)19(17)8-13(16)15-12-6-5-10(18-3)7-11(12)14/h5-7,9H,4,8,14H2,1-3H3,(H,15,16). The monoisotopic (exact) mass is 284 g/mol. The van der Waals surface area contributed by atoms with Gasteiger partial charge in [0.1, 0.15) is 11.5 Å². The molecule has 3 N–H and O–H groups in total. The second-order valence-electron chi connectivity index (χ2n) is 4.25. The summed E-state index contributed by atoms with van der Waals surface area (Å²) in [5, 5.41) is 2.67. The fourth-order valence-electron chi connectivity index (χ4n) is 1.43. The van der Waals surface area contributed by atoms with Crippen molar-refractivity contribution >= 4 is 28.1 Å². The van der Waals surface area contributed by atoms with E-state index in [1.54, 1.807) is 25.3 Å². The number of benzene rings is 1. The summed E-state index contributed by atoms with van der Waals surface area (Å²) < 4.78 is 16.8. The summed E-state index contributed by atoms with van der Waals surface area (Å²) >= 11 is 0. The van der Waals surface area contributed by atoms with E-state index in [2.05, 4.69) is 5.32 Å². The fraction of sp³-hybridized carbons (Fsp3) is 0.462. The Bertz CT molecular complexity index is 477. The number of hydrogen-bond acceptors (Lipinski definition) is 4. The van der Waals surface area contributed by atoms with Crippen LogP contribution in [0.5, 0.6) is 5.75 Å². The number of nitrogens with two attached hydrogens (primary N) is 1. The number of amides is 1. The molecule has 2 unspecified atom stereocenters. The van der Waals surface area contributed by atoms with Crippen LogP contribution >= 0.6 is 0 Å². The predicted octanol–water partition coefficient (Wildman–Crippen LogP) is 1.76. The second kappa shape index (κ2) is 7.13. The summed E-state index contributed by atoms with van der Waals surface area (Å²) in [7, 11) is 0.385. The van der Waals surface area contributed by atoms with Gasteiger partial charge in [-0.1, -0.05) is 13.8 Å². The lowest BCUT2D eigenvalue weighted by atomic mass is 10.2. The molecule has 1 aromatic carbocycles. The van der Waals surface area contributed by atoms with Gasteiger partial charge in [0.05, 0.1) is 18.5 Å². The van der Waals surface area contributed by atoms with Gasteiger partial charge in [-0.25, -0.2) is 0 Å². The molecule has 0 aromatic heterocycles. The van der Waals surface area contributed by atoms with Crippen LogP contribution in [-0.4, -0.2) is 28.2 Å². The zero-order valence-corrected chi connectivity index (χ0v) is 12.3. The van der Waals surface area contributed by atoms with E-state index in [4.69, 9.17) is 10.5 Å². The molecule has 0 aliphatic heterocycles. The molecular weight excluding hydrogens is 264 g/mol. The molecule has 1 aromatic rings. The van der Waals surface area contributed by atoms with Crippen LogP contribution in [0.15, 0.2) is 18.2 Å². The Labute approximate surface area is 116 Å². The van der Waals surface area contributed by atoms with E-state index < -0.39 is 10.8 Å². The molecule has 1 amide bonds. The Kier molecular flexibility index (Phi) is 5.82. The van der Waals surface area contributed by atoms with E-state index in [1.807, 2.05) is 13.8 Å². The molecule has 0 aliphatic rings. The Morgan fingerprint density at radius 1 is 1.53 bits per heavy atom. The lowest BCUT2D eigenvalue weighted by Crippen LogP contribution is -2.24. The minimum atomic E-state index is -1.16. The molecule has 2 atom stereocenters. The third-order valence-electron chi connectivity index (χ3n) is 2.83. The van der Waals surface area contributed by atoms with Crippen LogP contribution in [0, 0.1) is 0 Å². The molecule has 0 radical (unpaired) electrons. The first kappa shape index (κ1) is 15.5. The predicted molar refractivity (Wildman–Crippen MR) is 78.8 cm³/mol. The number of rotatable bonds is 6. The van der Waals surface area contributed by atoms with Crippen molar-refractivity contribution in [2.45, 2.75) is 25.5 Å². The maximum Gasteiger partial charge on any atom is 0.237 e. The molecule has 0 saturated heterocycles. The first-order valence-corrected chi connectivity index (χ1v) is 7.46. The SMILES string of the molecule is CCC(C)S(=O)CC(=O)Nc1ccc(OC)cc1N. The summed E-state index contributed by atoms with van der Waals surface area (Å²) in [6.07, 6.45) is 0.782. The zero-order valence-electron chi connectivity index (χ0n) is 11.4. The molecule has 6 heteroatoms. The molecule has 106 valence electrons. The van der Waals surface area contributed by atoms with Gasteiger partial charge in [0.25, 0.3) is 0 Å². The van der Waals surface area contributed by atoms with Gasteiger partial charge < -0.3 is 15.8 Å². The van der Waals surface area contributed by atoms with Gasteiger partial charge in [0, 0.05) is 22.1 Å². The Hall–Kier alpha value is -1.56. The van der Waals surface area contributed by atoms with Crippen LogP contribution in [0.25, 0.3) is 0 Å². The van der Waals surface area contributed by atoms with E-state index in [1.165, 1.54) is 0 Å². The van der Waals surface area contributed by atoms with Crippen molar-refractivity contribution in [1.29, 1.82) is 0 Å². The molecule has 0 saturated carbocycles. The van der Waals surface area contributed by atoms with Gasteiger partial charge in [-0.05, 0) is 18.6 Å². The first-order chi connectivity index (χ1) is 8.97. The normalized spacial score (nSPS) is 13.6. The van der Waals surface area contributed by atoms with Gasteiger partial charge in [-0.3, -0.25) is 9.00 Å². The molecule has 0 fully saturated rings. The van der Waals surface area contributed by atoms with Crippen molar-refractivity contribution in [2.24, 2.45) is 0 Å². The van der Waals surface area contributed by atoms with Gasteiger partial charge in [0.15, 0.2) is 0 Å². The molecule has 0 heterocycles. The minimum Gasteiger partial charge on any atom is -0.497 e. The van der Waals surface area contributed by atoms with Crippen molar-refractivity contribution in [1.82, 2.24) is 0 Å². The van der Waals surface area contributed by atoms with Crippen LogP contribution in [0.1, 0.15) is 20.3 Å². The van der Waals surface area contributed by atoms with E-state index in [-0.39, 0.29) is 16.9 Å². The van der Waals surface area contributed by atoms with E-state index in [9.17, 15) is 9.00 Å². The van der Waals surface area contributed by atoms with Gasteiger partial charge in [-0.15, -0.1) is 0 Å². The summed E-state index contributed by atoms with van der Waals surface area (Å²) in [4.78, 5) is 11.8. The smallest absolute Gasteiger partial charge is 0.237 e. The third kappa shape index (κ3) is 4.55. The maximum absolute atomic E-state index is 11.8. The van der Waals surface area contributed by atoms with Crippen LogP contribution in [-0.2, 0) is 15.6 Å². The average molecular weight is 284 g/mol. The third-order valence-corrected chi connectivity index (χ3v) is 4.61. The second-order valence-corrected chi connectivity index (χ2v) is 6.10. The quantitative estimate of drug-likeness (QED) is 0.780. The maximum atomic E-state index is 11.8. The van der Waals surface area contributed by atoms with Crippen molar-refractivity contribution in [3.63, 3.8) is 0 Å². The molecule has 0 aliphatic carbocycles. The number of nitrogens with one attached hydrogen (secondary N) is 1. The van der Waals surface area contributed by atoms with Crippen LogP contribution in [0.2, 0.25) is 0 Å². The van der Waals surface area contributed by atoms with Crippen molar-refractivity contribution in [3.05, 3.63) is 18.2 Å². The highest BCUT2D eigenvalue weighted by Crippen LogP contribution is 2.23. The Morgan fingerprint density at radius 3 is 2.74 bits per heavy atom. The molecular formula is C13H20N2O3S. The zero-order chi connectivity index (χ0) is 14.4. The van der Waals surface area contributed by atoms with E-state index in [0.717, 1.165) is 6.42 Å². The number of ether oxygens (including phenoxy) is 1. The van der Waals surface area contributed by atoms with Gasteiger partial charge in [-0.2, -0.15) is 0 Å². The summed E-state index contributed by atoms with van der Waals surface area (Å²) in [5.74, 6) is 0.315. The Morgan fingerprint density at radius 2 is 2.21 bits per heavy atom. The number of hydrogen-bond donors (Lipinski definition) is 2. The largest absolute Gasteiger partial charge is 0.497 e. The molecule has 0 spiro atoms. The average Bonchev–Trinajstić information content (AvgIpc) is 2.39. The summed E-state index contributed by atoms with van der Waals surface area (Å²) in [6.45, 7) is 3.81. The topological polar surface area (TPSA) is 81.4 Å². The van der Waals surface area contributed by atoms with E-state index >= 15 is 0 Å². The molecule has 0 bridgehead atoms. The highest BCUT2D eigenvalue weighted by molar-refractivity contribution is 7.86. The number of carbonyl (C=O) groups is 1. The van der Waals surface area contributed by atoms with E-state index in [0.29, 0.717) is 17.1 Å². The molecule has 1 rings (SSSR count). The van der Waals surface area contributed by atoms with Gasteiger partial charge >= 0.3 is 0 Å². The minimum absolute atomic E-state index is 0.0129. The lowest BCUT2D eigenvalue weighted by molar-refractivity contribution is -0.113. The highest BCUT2D eigenvalue weighted by Gasteiger charge is 2.14. The number of methoxy groups -OCH3 is 1. The van der Waals surface area contributed by atoms with Crippen molar-refractivity contribution < 1.29 is 13.7 Å². The first-order valence-electron chi connectivity index (χ1n) is 6.08. The van der Waals surface area contributed by atoms with Crippen molar-refractivity contribution in [2.75, 3.05) is 23.9 Å². The fourth-order valence-corrected chi connectivity index (χ4v) is 2.41. The van der Waals surface area contributed by atoms with Crippen LogP contribution in [0.3, 0.4) is 0 Å². The molecule has 5 nitrogen and oxygen atoms in total. The van der Waals surface area contributed by atoms with Crippen molar-refractivity contribution in [3.8, 4) is 5.75 Å². The highest BCUT2D eigenvalue weighted by atomic mass is 32.2. The summed E-state index contributed by atoms with van der Waals surface area (Å²) in [6, 6.07) is 5.00. The van der Waals surface area contributed by atoms with Gasteiger partial charge in [0.2, 0.25) is 5.91 Å². The lowest BCUT2D eigenvalue weighted by Gasteiger charge is -2.11. The van der Waals surface area contributed by atoms with Crippen LogP contribution < -0.4 is 15.8 Å². The number of nitrogen functional groups attached to an aromatic ring is 1.